The summed E-state index contributed by atoms with van der Waals surface area (Å²) in [5, 5.41) is 0. The minimum absolute atomic E-state index is 0.0631. The van der Waals surface area contributed by atoms with E-state index in [0.717, 1.165) is 139 Å². The average Bonchev–Trinajstić information content (AvgIpc) is 3.47. The molecule has 0 N–H and O–H groups in total. The molecule has 0 unspecified atom stereocenters. The van der Waals surface area contributed by atoms with Crippen molar-refractivity contribution in [2.75, 3.05) is 31.3 Å². The number of hydrogen-bond acceptors (Lipinski definition) is 6. The van der Waals surface area contributed by atoms with Crippen molar-refractivity contribution in [3.63, 3.8) is 0 Å². The molecule has 0 spiro atoms. The van der Waals surface area contributed by atoms with Crippen molar-refractivity contribution in [2.24, 2.45) is 17.3 Å². The van der Waals surface area contributed by atoms with Gasteiger partial charge in [0.25, 0.3) is 0 Å². The maximum absolute atomic E-state index is 13.0. The molecule has 1 aromatic rings. The second-order valence-electron chi connectivity index (χ2n) is 16.3. The lowest BCUT2D eigenvalue weighted by molar-refractivity contribution is -0.284. The fourth-order valence-electron chi connectivity index (χ4n) is 9.47. The number of unbranched alkanes of at least 4 members (excludes halogenated alkanes) is 6. The molecule has 0 bridgehead atoms. The number of rotatable bonds is 19. The van der Waals surface area contributed by atoms with Crippen molar-refractivity contribution >= 4 is 17.5 Å². The van der Waals surface area contributed by atoms with Crippen molar-refractivity contribution in [1.29, 1.82) is 0 Å². The Morgan fingerprint density at radius 2 is 1.49 bits per heavy atom. The van der Waals surface area contributed by atoms with Crippen LogP contribution in [0.3, 0.4) is 0 Å². The minimum Gasteiger partial charge on any atom is -0.493 e. The highest BCUT2D eigenvalue weighted by Gasteiger charge is 2.57. The van der Waals surface area contributed by atoms with Gasteiger partial charge in [0.2, 0.25) is 0 Å². The van der Waals surface area contributed by atoms with E-state index in [0.29, 0.717) is 30.1 Å². The van der Waals surface area contributed by atoms with Gasteiger partial charge in [-0.05, 0) is 135 Å². The summed E-state index contributed by atoms with van der Waals surface area (Å²) in [5.74, 6) is -0.228. The summed E-state index contributed by atoms with van der Waals surface area (Å²) in [4.78, 5) is 0. The van der Waals surface area contributed by atoms with Crippen LogP contribution in [0.5, 0.6) is 5.75 Å². The standard InChI is InChI=1S/C42H61F5O5S/c1-40-22-20-32-31-17-16-30(51-38-14-7-10-24-49-38)28-34(31)36(29-33(32)35(40)18-19-37(40)52-39-15-8-11-25-50-39)48-23-9-5-3-2-4-6-12-26-53-27-13-21-41(43,44)42(45,46)47/h16-17,28-29,32-33,35,37-39H,2-15,18-27H2,1H3/t32-,33-,35+,37+,38-,39+,40+/m1/s1. The number of ether oxygens (including phenoxy) is 5. The summed E-state index contributed by atoms with van der Waals surface area (Å²) in [6.07, 6.45) is 14.1. The van der Waals surface area contributed by atoms with E-state index < -0.39 is 18.5 Å². The van der Waals surface area contributed by atoms with E-state index in [-0.39, 0.29) is 30.5 Å². The van der Waals surface area contributed by atoms with Crippen molar-refractivity contribution in [3.05, 3.63) is 35.4 Å². The third-order valence-corrected chi connectivity index (χ3v) is 13.7. The van der Waals surface area contributed by atoms with Gasteiger partial charge in [-0.25, -0.2) is 0 Å². The van der Waals surface area contributed by atoms with E-state index in [2.05, 4.69) is 31.2 Å². The Bertz CT molecular complexity index is 1310. The maximum Gasteiger partial charge on any atom is 0.453 e. The van der Waals surface area contributed by atoms with Crippen LogP contribution >= 0.6 is 11.8 Å². The zero-order valence-electron chi connectivity index (χ0n) is 31.6. The molecular weight excluding hydrogens is 712 g/mol. The Morgan fingerprint density at radius 3 is 2.21 bits per heavy atom. The minimum atomic E-state index is -5.45. The normalized spacial score (nSPS) is 30.3. The predicted molar refractivity (Wildman–Crippen MR) is 199 cm³/mol. The molecule has 4 fully saturated rings. The van der Waals surface area contributed by atoms with E-state index in [1.54, 1.807) is 0 Å². The molecule has 5 nitrogen and oxygen atoms in total. The van der Waals surface area contributed by atoms with Gasteiger partial charge in [-0.15, -0.1) is 0 Å². The number of halogens is 5. The molecule has 11 heteroatoms. The lowest BCUT2D eigenvalue weighted by Crippen LogP contribution is -2.45. The molecule has 53 heavy (non-hydrogen) atoms. The summed E-state index contributed by atoms with van der Waals surface area (Å²) < 4.78 is 94.5. The summed E-state index contributed by atoms with van der Waals surface area (Å²) in [6, 6.07) is 6.60. The zero-order valence-corrected chi connectivity index (χ0v) is 32.4. The van der Waals surface area contributed by atoms with Gasteiger partial charge in [0.15, 0.2) is 12.6 Å². The topological polar surface area (TPSA) is 46.2 Å². The third kappa shape index (κ3) is 10.6. The van der Waals surface area contributed by atoms with Crippen LogP contribution in [0.4, 0.5) is 22.0 Å². The van der Waals surface area contributed by atoms with Gasteiger partial charge in [0.1, 0.15) is 11.5 Å². The molecule has 0 radical (unpaired) electrons. The molecular formula is C42H61F5O5S. The molecule has 2 heterocycles. The maximum atomic E-state index is 13.0. The number of allylic oxidation sites excluding steroid dienone is 1. The molecule has 2 saturated carbocycles. The molecule has 300 valence electrons. The number of fused-ring (bicyclic) bond motifs is 5. The molecule has 6 rings (SSSR count). The molecule has 7 atom stereocenters. The smallest absolute Gasteiger partial charge is 0.453 e. The molecule has 1 aromatic carbocycles. The SMILES string of the molecule is C[C@]12CC[C@@H]3c4ccc(O[C@@H]5CCCCO5)cc4C(OCCCCCCCCCSCCCC(F)(F)C(F)(F)F)=C[C@H]3[C@@H]1CC[C@@H]2O[C@H]1CCCCO1. The molecule has 2 saturated heterocycles. The van der Waals surface area contributed by atoms with Crippen molar-refractivity contribution in [1.82, 2.24) is 0 Å². The fraction of sp³-hybridized carbons (Fsp3) is 0.810. The van der Waals surface area contributed by atoms with E-state index in [4.69, 9.17) is 23.7 Å². The number of thioether (sulfide) groups is 1. The third-order valence-electron chi connectivity index (χ3n) is 12.5. The van der Waals surface area contributed by atoms with Gasteiger partial charge in [-0.3, -0.25) is 0 Å². The van der Waals surface area contributed by atoms with Crippen LogP contribution in [0.15, 0.2) is 24.3 Å². The lowest BCUT2D eigenvalue weighted by Gasteiger charge is -2.50. The first-order valence-corrected chi connectivity index (χ1v) is 21.8. The molecule has 0 aromatic heterocycles. The number of hydrogen-bond donors (Lipinski definition) is 0. The fourth-order valence-corrected chi connectivity index (χ4v) is 10.4. The van der Waals surface area contributed by atoms with Crippen LogP contribution in [0.25, 0.3) is 5.76 Å². The lowest BCUT2D eigenvalue weighted by atomic mass is 9.57. The van der Waals surface area contributed by atoms with Crippen molar-refractivity contribution in [2.45, 2.75) is 166 Å². The Labute approximate surface area is 317 Å². The highest BCUT2D eigenvalue weighted by atomic mass is 32.2. The van der Waals surface area contributed by atoms with Crippen molar-refractivity contribution < 1.29 is 45.6 Å². The zero-order chi connectivity index (χ0) is 37.3. The second-order valence-corrected chi connectivity index (χ2v) is 17.5. The van der Waals surface area contributed by atoms with Gasteiger partial charge >= 0.3 is 12.1 Å². The van der Waals surface area contributed by atoms with Crippen LogP contribution < -0.4 is 4.74 Å². The Kier molecular flexibility index (Phi) is 14.8. The van der Waals surface area contributed by atoms with Crippen LogP contribution in [0.1, 0.15) is 146 Å². The van der Waals surface area contributed by atoms with E-state index in [1.807, 2.05) is 0 Å². The summed E-state index contributed by atoms with van der Waals surface area (Å²) >= 11 is 1.47. The number of alkyl halides is 5. The summed E-state index contributed by atoms with van der Waals surface area (Å²) in [7, 11) is 0. The first-order chi connectivity index (χ1) is 25.5. The Morgan fingerprint density at radius 1 is 0.792 bits per heavy atom. The highest BCUT2D eigenvalue weighted by molar-refractivity contribution is 7.99. The Balaban J connectivity index is 0.976. The van der Waals surface area contributed by atoms with Crippen LogP contribution in [-0.4, -0.2) is 62.1 Å². The molecule has 3 aliphatic carbocycles. The van der Waals surface area contributed by atoms with Gasteiger partial charge in [-0.2, -0.15) is 33.7 Å². The van der Waals surface area contributed by atoms with E-state index in [1.165, 1.54) is 23.7 Å². The second kappa shape index (κ2) is 19.1. The van der Waals surface area contributed by atoms with Crippen LogP contribution in [-0.2, 0) is 18.9 Å². The van der Waals surface area contributed by atoms with Gasteiger partial charge in [0.05, 0.1) is 19.3 Å². The van der Waals surface area contributed by atoms with E-state index in [9.17, 15) is 22.0 Å². The van der Waals surface area contributed by atoms with E-state index >= 15 is 0 Å². The molecule has 2 aliphatic heterocycles. The van der Waals surface area contributed by atoms with Gasteiger partial charge < -0.3 is 23.7 Å². The van der Waals surface area contributed by atoms with Crippen LogP contribution in [0, 0.1) is 17.3 Å². The largest absolute Gasteiger partial charge is 0.493 e. The average molecular weight is 773 g/mol. The molecule has 0 amide bonds. The van der Waals surface area contributed by atoms with Crippen LogP contribution in [0.2, 0.25) is 0 Å². The van der Waals surface area contributed by atoms with Crippen molar-refractivity contribution in [3.8, 4) is 5.75 Å². The Hall–Kier alpha value is -1.56. The van der Waals surface area contributed by atoms with Gasteiger partial charge in [-0.1, -0.05) is 45.1 Å². The van der Waals surface area contributed by atoms with Gasteiger partial charge in [0, 0.05) is 25.0 Å². The molecule has 5 aliphatic rings. The quantitative estimate of drug-likeness (QED) is 0.103. The summed E-state index contributed by atoms with van der Waals surface area (Å²) in [6.45, 7) is 4.67. The summed E-state index contributed by atoms with van der Waals surface area (Å²) in [5.41, 5.74) is 2.66. The number of benzene rings is 1. The highest BCUT2D eigenvalue weighted by Crippen LogP contribution is 2.62. The first-order valence-electron chi connectivity index (χ1n) is 20.6. The first kappa shape index (κ1) is 41.1. The predicted octanol–water partition coefficient (Wildman–Crippen LogP) is 12.2. The monoisotopic (exact) mass is 772 g/mol.